The van der Waals surface area contributed by atoms with Crippen LogP contribution in [0.25, 0.3) is 33.1 Å². The second-order valence-corrected chi connectivity index (χ2v) is 10.4. The van der Waals surface area contributed by atoms with Crippen molar-refractivity contribution < 1.29 is 32.3 Å². The first-order valence-electron chi connectivity index (χ1n) is 11.1. The van der Waals surface area contributed by atoms with Gasteiger partial charge in [0.1, 0.15) is 23.5 Å². The number of furan rings is 1. The Labute approximate surface area is 200 Å². The summed E-state index contributed by atoms with van der Waals surface area (Å²) in [6.45, 7) is 2.58. The lowest BCUT2D eigenvalue weighted by atomic mass is 9.96. The highest BCUT2D eigenvalue weighted by Gasteiger charge is 2.51. The van der Waals surface area contributed by atoms with Gasteiger partial charge in [0.2, 0.25) is 0 Å². The first-order valence-corrected chi connectivity index (χ1v) is 12.7. The Morgan fingerprint density at radius 2 is 1.91 bits per heavy atom. The van der Waals surface area contributed by atoms with Crippen LogP contribution in [0.2, 0.25) is 0 Å². The van der Waals surface area contributed by atoms with Gasteiger partial charge >= 0.3 is 13.3 Å². The zero-order valence-electron chi connectivity index (χ0n) is 18.8. The Bertz CT molecular complexity index is 1530. The summed E-state index contributed by atoms with van der Waals surface area (Å²) in [4.78, 5) is 18.8. The lowest BCUT2D eigenvalue weighted by Crippen LogP contribution is -2.14. The second-order valence-electron chi connectivity index (χ2n) is 8.76. The summed E-state index contributed by atoms with van der Waals surface area (Å²) in [5.74, 6) is 1.07. The molecule has 1 aliphatic carbocycles. The van der Waals surface area contributed by atoms with Gasteiger partial charge in [-0.15, -0.1) is 0 Å². The molecule has 0 amide bonds. The van der Waals surface area contributed by atoms with Crippen molar-refractivity contribution in [2.45, 2.75) is 19.0 Å². The Balaban J connectivity index is 1.60. The van der Waals surface area contributed by atoms with Crippen molar-refractivity contribution in [2.24, 2.45) is 5.92 Å². The number of halogens is 2. The molecule has 1 aliphatic rings. The van der Waals surface area contributed by atoms with Crippen molar-refractivity contribution in [1.82, 2.24) is 0 Å². The van der Waals surface area contributed by atoms with Crippen LogP contribution >= 0.6 is 7.60 Å². The van der Waals surface area contributed by atoms with Gasteiger partial charge in [0.15, 0.2) is 0 Å². The fourth-order valence-electron chi connectivity index (χ4n) is 4.43. The summed E-state index contributed by atoms with van der Waals surface area (Å²) in [5, 5.41) is 0.331. The molecule has 5 nitrogen and oxygen atoms in total. The molecule has 0 saturated carbocycles. The molecule has 0 saturated heterocycles. The highest BCUT2D eigenvalue weighted by atomic mass is 31.2. The zero-order chi connectivity index (χ0) is 24.8. The van der Waals surface area contributed by atoms with Gasteiger partial charge in [-0.05, 0) is 41.7 Å². The molecule has 3 aromatic carbocycles. The molecule has 180 valence electrons. The molecule has 0 spiro atoms. The number of benzene rings is 3. The van der Waals surface area contributed by atoms with Crippen LogP contribution < -0.4 is 4.74 Å². The van der Waals surface area contributed by atoms with E-state index in [0.717, 1.165) is 12.5 Å². The van der Waals surface area contributed by atoms with Gasteiger partial charge in [-0.25, -0.2) is 0 Å². The highest BCUT2D eigenvalue weighted by molar-refractivity contribution is 7.52. The molecule has 35 heavy (non-hydrogen) atoms. The average Bonchev–Trinajstić information content (AvgIpc) is 3.21. The number of rotatable bonds is 6. The molecular weight excluding hydrogens is 473 g/mol. The van der Waals surface area contributed by atoms with Crippen LogP contribution in [0.15, 0.2) is 88.9 Å². The third-order valence-electron chi connectivity index (χ3n) is 6.14. The van der Waals surface area contributed by atoms with Crippen molar-refractivity contribution in [3.05, 3.63) is 90.0 Å². The monoisotopic (exact) mass is 496 g/mol. The lowest BCUT2D eigenvalue weighted by Gasteiger charge is -2.19. The van der Waals surface area contributed by atoms with Crippen LogP contribution in [0.3, 0.4) is 0 Å². The van der Waals surface area contributed by atoms with Gasteiger partial charge in [0, 0.05) is 21.9 Å². The first-order chi connectivity index (χ1) is 16.6. The van der Waals surface area contributed by atoms with Crippen molar-refractivity contribution in [3.8, 4) is 16.9 Å². The normalized spacial score (nSPS) is 16.6. The number of hydrogen-bond donors (Lipinski definition) is 2. The third kappa shape index (κ3) is 4.31. The van der Waals surface area contributed by atoms with Gasteiger partial charge in [-0.2, -0.15) is 8.78 Å². The summed E-state index contributed by atoms with van der Waals surface area (Å²) in [6, 6.07) is 16.3. The van der Waals surface area contributed by atoms with Gasteiger partial charge in [0.25, 0.3) is 0 Å². The van der Waals surface area contributed by atoms with E-state index in [2.05, 4.69) is 13.0 Å². The SMILES string of the molecule is CC1C=CC=C(COc2cccc(-c3ccc(C(F)(F)P(=O)(O)O)c4c3oc3ccccc34)c2)C1. The third-order valence-corrected chi connectivity index (χ3v) is 7.11. The van der Waals surface area contributed by atoms with E-state index in [1.54, 1.807) is 42.5 Å². The van der Waals surface area contributed by atoms with E-state index in [9.17, 15) is 23.1 Å². The maximum atomic E-state index is 14.9. The zero-order valence-corrected chi connectivity index (χ0v) is 19.7. The van der Waals surface area contributed by atoms with E-state index < -0.39 is 18.8 Å². The fraction of sp³-hybridized carbons (Fsp3) is 0.185. The number of fused-ring (bicyclic) bond motifs is 3. The van der Waals surface area contributed by atoms with E-state index in [1.165, 1.54) is 11.6 Å². The van der Waals surface area contributed by atoms with E-state index in [0.29, 0.717) is 40.4 Å². The minimum Gasteiger partial charge on any atom is -0.489 e. The van der Waals surface area contributed by atoms with E-state index >= 15 is 0 Å². The van der Waals surface area contributed by atoms with Gasteiger partial charge in [-0.1, -0.05) is 67.6 Å². The molecule has 0 radical (unpaired) electrons. The summed E-state index contributed by atoms with van der Waals surface area (Å²) >= 11 is 0. The Kier molecular flexibility index (Phi) is 5.88. The molecule has 0 aliphatic heterocycles. The van der Waals surface area contributed by atoms with E-state index in [1.807, 2.05) is 18.2 Å². The predicted octanol–water partition coefficient (Wildman–Crippen LogP) is 7.38. The Hall–Kier alpha value is -3.25. The first kappa shape index (κ1) is 23.5. The van der Waals surface area contributed by atoms with Gasteiger partial charge < -0.3 is 18.9 Å². The molecule has 4 aromatic rings. The maximum Gasteiger partial charge on any atom is 0.399 e. The Morgan fingerprint density at radius 3 is 2.69 bits per heavy atom. The lowest BCUT2D eigenvalue weighted by molar-refractivity contribution is 0.0579. The molecule has 5 rings (SSSR count). The maximum absolute atomic E-state index is 14.9. The van der Waals surface area contributed by atoms with Crippen LogP contribution in [0.1, 0.15) is 18.9 Å². The average molecular weight is 496 g/mol. The number of hydrogen-bond acceptors (Lipinski definition) is 3. The van der Waals surface area contributed by atoms with E-state index in [4.69, 9.17) is 9.15 Å². The van der Waals surface area contributed by atoms with Crippen LogP contribution in [0.4, 0.5) is 8.78 Å². The molecule has 0 bridgehead atoms. The van der Waals surface area contributed by atoms with Crippen LogP contribution in [0, 0.1) is 5.92 Å². The fourth-order valence-corrected chi connectivity index (χ4v) is 4.93. The number of para-hydroxylation sites is 1. The van der Waals surface area contributed by atoms with Gasteiger partial charge in [0.05, 0.1) is 0 Å². The van der Waals surface area contributed by atoms with Crippen LogP contribution in [-0.2, 0) is 10.2 Å². The van der Waals surface area contributed by atoms with Crippen molar-refractivity contribution in [2.75, 3.05) is 6.61 Å². The van der Waals surface area contributed by atoms with E-state index in [-0.39, 0.29) is 11.0 Å². The summed E-state index contributed by atoms with van der Waals surface area (Å²) < 4.78 is 53.3. The minimum atomic E-state index is -5.78. The number of allylic oxidation sites excluding steroid dienone is 3. The smallest absolute Gasteiger partial charge is 0.399 e. The van der Waals surface area contributed by atoms with Crippen LogP contribution in [-0.4, -0.2) is 16.4 Å². The van der Waals surface area contributed by atoms with Crippen molar-refractivity contribution >= 4 is 29.5 Å². The molecule has 2 N–H and O–H groups in total. The summed E-state index contributed by atoms with van der Waals surface area (Å²) in [5.41, 5.74) is -2.31. The standard InChI is InChI=1S/C27H23F2O5P/c1-17-6-4-7-18(14-17)16-33-20-9-5-8-19(15-20)21-12-13-23(27(28,29)35(30,31)32)25-22-10-2-3-11-24(22)34-26(21)25/h2-13,15,17H,14,16H2,1H3,(H2,30,31,32). The highest BCUT2D eigenvalue weighted by Crippen LogP contribution is 2.61. The Morgan fingerprint density at radius 1 is 1.11 bits per heavy atom. The van der Waals surface area contributed by atoms with Gasteiger partial charge in [-0.3, -0.25) is 4.57 Å². The van der Waals surface area contributed by atoms with Crippen LogP contribution in [0.5, 0.6) is 5.75 Å². The number of ether oxygens (including phenoxy) is 1. The minimum absolute atomic E-state index is 0.0223. The quantitative estimate of drug-likeness (QED) is 0.272. The molecule has 0 fully saturated rings. The predicted molar refractivity (Wildman–Crippen MR) is 132 cm³/mol. The number of alkyl halides is 2. The topological polar surface area (TPSA) is 79.9 Å². The molecular formula is C27H23F2O5P. The summed E-state index contributed by atoms with van der Waals surface area (Å²) in [7, 11) is -5.78. The molecule has 8 heteroatoms. The largest absolute Gasteiger partial charge is 0.489 e. The van der Waals surface area contributed by atoms with Crippen molar-refractivity contribution in [3.63, 3.8) is 0 Å². The second kappa shape index (κ2) is 8.76. The molecule has 1 atom stereocenters. The molecule has 1 aromatic heterocycles. The summed E-state index contributed by atoms with van der Waals surface area (Å²) in [6.07, 6.45) is 7.13. The molecule has 1 heterocycles. The molecule has 1 unspecified atom stereocenters. The van der Waals surface area contributed by atoms with Crippen molar-refractivity contribution in [1.29, 1.82) is 0 Å².